The SMILES string of the molecule is COc1ccc(Oc2c(Cl)cc(NC(=O)CN3CCN(C(=O)OC(C)(C)C)CC3)cc2Cl)cc1C(C)C. The van der Waals surface area contributed by atoms with Gasteiger partial charge < -0.3 is 24.4 Å². The zero-order valence-electron chi connectivity index (χ0n) is 22.2. The molecule has 0 spiro atoms. The zero-order valence-corrected chi connectivity index (χ0v) is 23.7. The van der Waals surface area contributed by atoms with Gasteiger partial charge in [-0.2, -0.15) is 0 Å². The van der Waals surface area contributed by atoms with Gasteiger partial charge in [0.2, 0.25) is 5.91 Å². The van der Waals surface area contributed by atoms with Crippen molar-refractivity contribution in [3.63, 3.8) is 0 Å². The summed E-state index contributed by atoms with van der Waals surface area (Å²) in [6.45, 7) is 12.0. The number of rotatable bonds is 7. The van der Waals surface area contributed by atoms with Gasteiger partial charge in [0, 0.05) is 37.4 Å². The van der Waals surface area contributed by atoms with Crippen LogP contribution in [0.3, 0.4) is 0 Å². The van der Waals surface area contributed by atoms with Gasteiger partial charge >= 0.3 is 6.09 Å². The first kappa shape index (κ1) is 28.9. The second-order valence-electron chi connectivity index (χ2n) is 10.2. The van der Waals surface area contributed by atoms with Crippen LogP contribution in [-0.2, 0) is 9.53 Å². The Morgan fingerprint density at radius 3 is 2.19 bits per heavy atom. The highest BCUT2D eigenvalue weighted by Crippen LogP contribution is 2.40. The second-order valence-corrected chi connectivity index (χ2v) is 11.0. The Morgan fingerprint density at radius 1 is 1.03 bits per heavy atom. The molecule has 2 aromatic carbocycles. The minimum Gasteiger partial charge on any atom is -0.496 e. The normalized spacial score (nSPS) is 14.5. The topological polar surface area (TPSA) is 80.3 Å². The number of halogens is 2. The van der Waals surface area contributed by atoms with Gasteiger partial charge in [-0.15, -0.1) is 0 Å². The van der Waals surface area contributed by atoms with Crippen molar-refractivity contribution in [1.29, 1.82) is 0 Å². The molecular formula is C27H35Cl2N3O5. The number of hydrogen-bond acceptors (Lipinski definition) is 6. The number of amides is 2. The minimum absolute atomic E-state index is 0.180. The quantitative estimate of drug-likeness (QED) is 0.428. The summed E-state index contributed by atoms with van der Waals surface area (Å²) in [6, 6.07) is 8.74. The first-order valence-corrected chi connectivity index (χ1v) is 13.0. The number of anilines is 1. The third-order valence-corrected chi connectivity index (χ3v) is 6.28. The first-order chi connectivity index (χ1) is 17.4. The van der Waals surface area contributed by atoms with E-state index in [2.05, 4.69) is 19.2 Å². The largest absolute Gasteiger partial charge is 0.496 e. The van der Waals surface area contributed by atoms with Crippen molar-refractivity contribution in [1.82, 2.24) is 9.80 Å². The Morgan fingerprint density at radius 2 is 1.65 bits per heavy atom. The number of nitrogens with one attached hydrogen (secondary N) is 1. The second kappa shape index (κ2) is 12.2. The van der Waals surface area contributed by atoms with E-state index in [0.29, 0.717) is 43.4 Å². The lowest BCUT2D eigenvalue weighted by Crippen LogP contribution is -2.51. The summed E-state index contributed by atoms with van der Waals surface area (Å²) in [7, 11) is 1.63. The Bertz CT molecular complexity index is 1100. The fourth-order valence-electron chi connectivity index (χ4n) is 3.89. The van der Waals surface area contributed by atoms with Crippen LogP contribution in [0.5, 0.6) is 17.2 Å². The molecule has 1 saturated heterocycles. The number of piperazine rings is 1. The number of carbonyl (C=O) groups is 2. The molecule has 202 valence electrons. The maximum absolute atomic E-state index is 12.7. The lowest BCUT2D eigenvalue weighted by Gasteiger charge is -2.35. The van der Waals surface area contributed by atoms with E-state index in [0.717, 1.165) is 11.3 Å². The van der Waals surface area contributed by atoms with Crippen LogP contribution in [0.2, 0.25) is 10.0 Å². The highest BCUT2D eigenvalue weighted by atomic mass is 35.5. The Balaban J connectivity index is 1.58. The van der Waals surface area contributed by atoms with Crippen molar-refractivity contribution in [3.8, 4) is 17.2 Å². The van der Waals surface area contributed by atoms with E-state index in [-0.39, 0.29) is 34.5 Å². The van der Waals surface area contributed by atoms with Crippen LogP contribution in [0.4, 0.5) is 10.5 Å². The van der Waals surface area contributed by atoms with Gasteiger partial charge in [-0.3, -0.25) is 9.69 Å². The highest BCUT2D eigenvalue weighted by Gasteiger charge is 2.26. The van der Waals surface area contributed by atoms with Gasteiger partial charge in [0.1, 0.15) is 17.1 Å². The number of nitrogens with zero attached hydrogens (tertiary/aromatic N) is 2. The third-order valence-electron chi connectivity index (χ3n) is 5.72. The molecule has 0 aliphatic carbocycles. The van der Waals surface area contributed by atoms with Crippen LogP contribution in [0.15, 0.2) is 30.3 Å². The molecule has 2 amide bonds. The van der Waals surface area contributed by atoms with Crippen LogP contribution >= 0.6 is 23.2 Å². The maximum Gasteiger partial charge on any atom is 0.410 e. The summed E-state index contributed by atoms with van der Waals surface area (Å²) >= 11 is 12.9. The standard InChI is InChI=1S/C27H35Cl2N3O5/c1-17(2)20-15-19(7-8-23(20)35-6)36-25-21(28)13-18(14-22(25)29)30-24(33)16-31-9-11-32(12-10-31)26(34)37-27(3,4)5/h7-8,13-15,17H,9-12,16H2,1-6H3,(H,30,33). The molecular weight excluding hydrogens is 517 g/mol. The third kappa shape index (κ3) is 8.15. The molecule has 0 aromatic heterocycles. The van der Waals surface area contributed by atoms with E-state index in [1.807, 2.05) is 37.8 Å². The summed E-state index contributed by atoms with van der Waals surface area (Å²) in [5.41, 5.74) is 0.934. The number of ether oxygens (including phenoxy) is 3. The maximum atomic E-state index is 12.7. The summed E-state index contributed by atoms with van der Waals surface area (Å²) in [5, 5.41) is 3.39. The molecule has 0 atom stereocenters. The van der Waals surface area contributed by atoms with Crippen molar-refractivity contribution < 1.29 is 23.8 Å². The van der Waals surface area contributed by atoms with Gasteiger partial charge in [-0.1, -0.05) is 37.0 Å². The number of methoxy groups -OCH3 is 1. The summed E-state index contributed by atoms with van der Waals surface area (Å²) in [5.74, 6) is 1.70. The molecule has 0 radical (unpaired) electrons. The fraction of sp³-hybridized carbons (Fsp3) is 0.481. The molecule has 0 bridgehead atoms. The minimum atomic E-state index is -0.539. The van der Waals surface area contributed by atoms with Crippen molar-refractivity contribution >= 4 is 40.9 Å². The van der Waals surface area contributed by atoms with E-state index in [1.165, 1.54) is 0 Å². The van der Waals surface area contributed by atoms with Crippen LogP contribution in [-0.4, -0.2) is 67.2 Å². The Hall–Kier alpha value is -2.68. The van der Waals surface area contributed by atoms with Crippen molar-refractivity contribution in [2.45, 2.75) is 46.1 Å². The molecule has 1 heterocycles. The van der Waals surface area contributed by atoms with E-state index in [1.54, 1.807) is 30.2 Å². The summed E-state index contributed by atoms with van der Waals surface area (Å²) < 4.78 is 16.8. The predicted octanol–water partition coefficient (Wildman–Crippen LogP) is 6.41. The van der Waals surface area contributed by atoms with Crippen LogP contribution in [0.1, 0.15) is 46.1 Å². The molecule has 10 heteroatoms. The summed E-state index contributed by atoms with van der Waals surface area (Å²) in [6.07, 6.45) is -0.335. The number of carbonyl (C=O) groups excluding carboxylic acids is 2. The molecule has 1 fully saturated rings. The molecule has 8 nitrogen and oxygen atoms in total. The Labute approximate surface area is 228 Å². The van der Waals surface area contributed by atoms with Crippen molar-refractivity contribution in [2.75, 3.05) is 45.2 Å². The molecule has 0 unspecified atom stereocenters. The molecule has 3 rings (SSSR count). The molecule has 0 saturated carbocycles. The first-order valence-electron chi connectivity index (χ1n) is 12.2. The van der Waals surface area contributed by atoms with Gasteiger partial charge in [-0.05, 0) is 57.0 Å². The van der Waals surface area contributed by atoms with Gasteiger partial charge in [-0.25, -0.2) is 4.79 Å². The molecule has 1 N–H and O–H groups in total. The van der Waals surface area contributed by atoms with Crippen molar-refractivity contribution in [3.05, 3.63) is 45.9 Å². The van der Waals surface area contributed by atoms with E-state index in [9.17, 15) is 9.59 Å². The fourth-order valence-corrected chi connectivity index (χ4v) is 4.46. The average Bonchev–Trinajstić information content (AvgIpc) is 2.80. The van der Waals surface area contributed by atoms with Crippen LogP contribution in [0, 0.1) is 0 Å². The van der Waals surface area contributed by atoms with Crippen molar-refractivity contribution in [2.24, 2.45) is 0 Å². The smallest absolute Gasteiger partial charge is 0.410 e. The zero-order chi connectivity index (χ0) is 27.3. The van der Waals surface area contributed by atoms with Gasteiger partial charge in [0.05, 0.1) is 23.7 Å². The molecule has 2 aromatic rings. The van der Waals surface area contributed by atoms with E-state index < -0.39 is 5.60 Å². The molecule has 1 aliphatic rings. The monoisotopic (exact) mass is 551 g/mol. The van der Waals surface area contributed by atoms with E-state index >= 15 is 0 Å². The lowest BCUT2D eigenvalue weighted by molar-refractivity contribution is -0.117. The molecule has 1 aliphatic heterocycles. The summed E-state index contributed by atoms with van der Waals surface area (Å²) in [4.78, 5) is 28.5. The van der Waals surface area contributed by atoms with Gasteiger partial charge in [0.15, 0.2) is 5.75 Å². The van der Waals surface area contributed by atoms with Crippen LogP contribution < -0.4 is 14.8 Å². The highest BCUT2D eigenvalue weighted by molar-refractivity contribution is 6.37. The molecule has 37 heavy (non-hydrogen) atoms. The predicted molar refractivity (Wildman–Crippen MR) is 146 cm³/mol. The van der Waals surface area contributed by atoms with E-state index in [4.69, 9.17) is 37.4 Å². The lowest BCUT2D eigenvalue weighted by atomic mass is 10.0. The Kier molecular flexibility index (Phi) is 9.56. The van der Waals surface area contributed by atoms with Crippen LogP contribution in [0.25, 0.3) is 0 Å². The number of hydrogen-bond donors (Lipinski definition) is 1. The average molecular weight is 552 g/mol. The van der Waals surface area contributed by atoms with Gasteiger partial charge in [0.25, 0.3) is 0 Å². The number of benzene rings is 2.